The van der Waals surface area contributed by atoms with Gasteiger partial charge in [0.15, 0.2) is 0 Å². The van der Waals surface area contributed by atoms with Crippen LogP contribution >= 0.6 is 0 Å². The molecule has 0 aliphatic carbocycles. The smallest absolute Gasteiger partial charge is 0.251 e. The highest BCUT2D eigenvalue weighted by Crippen LogP contribution is 2.24. The van der Waals surface area contributed by atoms with Gasteiger partial charge in [0, 0.05) is 18.7 Å². The third-order valence-corrected chi connectivity index (χ3v) is 5.73. The molecule has 0 unspecified atom stereocenters. The first-order valence-electron chi connectivity index (χ1n) is 10.1. The maximum absolute atomic E-state index is 12.7. The molecule has 150 valence electrons. The fraction of sp³-hybridized carbons (Fsp3) is 0.348. The number of hydrogen-bond acceptors (Lipinski definition) is 3. The van der Waals surface area contributed by atoms with Crippen LogP contribution in [0.2, 0.25) is 0 Å². The summed E-state index contributed by atoms with van der Waals surface area (Å²) in [7, 11) is 0. The minimum absolute atomic E-state index is 0.0259. The van der Waals surface area contributed by atoms with E-state index in [0.717, 1.165) is 24.0 Å². The number of rotatable bonds is 5. The molecule has 2 aliphatic heterocycles. The molecular formula is C23H25N3O3. The Bertz CT molecular complexity index is 911. The Morgan fingerprint density at radius 1 is 1.10 bits per heavy atom. The first-order chi connectivity index (χ1) is 14.0. The standard InChI is InChI=1S/C23H25N3O3/c1-16(18-6-3-2-4-7-18)24-22(28)19-11-9-17(10-12-19)14-25-15-21(27)26-13-5-8-20(26)23(25)29/h2-4,6-7,9-12,16,20H,5,8,13-15H2,1H3,(H,24,28)/t16-,20-/m0/s1. The van der Waals surface area contributed by atoms with Crippen LogP contribution < -0.4 is 5.32 Å². The number of carbonyl (C=O) groups is 3. The molecule has 2 aliphatic rings. The molecule has 0 bridgehead atoms. The summed E-state index contributed by atoms with van der Waals surface area (Å²) in [6.45, 7) is 3.16. The Balaban J connectivity index is 1.38. The number of nitrogens with zero attached hydrogens (tertiary/aromatic N) is 2. The molecule has 2 aromatic carbocycles. The van der Waals surface area contributed by atoms with E-state index in [2.05, 4.69) is 5.32 Å². The van der Waals surface area contributed by atoms with Gasteiger partial charge < -0.3 is 15.1 Å². The number of fused-ring (bicyclic) bond motifs is 1. The second kappa shape index (κ2) is 8.07. The van der Waals surface area contributed by atoms with Crippen LogP contribution in [-0.2, 0) is 16.1 Å². The lowest BCUT2D eigenvalue weighted by Crippen LogP contribution is -2.56. The summed E-state index contributed by atoms with van der Waals surface area (Å²) in [4.78, 5) is 40.8. The Labute approximate surface area is 170 Å². The molecule has 2 fully saturated rings. The van der Waals surface area contributed by atoms with Crippen LogP contribution in [0.1, 0.15) is 47.3 Å². The molecule has 29 heavy (non-hydrogen) atoms. The van der Waals surface area contributed by atoms with Crippen LogP contribution in [-0.4, -0.2) is 46.7 Å². The second-order valence-corrected chi connectivity index (χ2v) is 7.74. The Kier molecular flexibility index (Phi) is 5.34. The zero-order chi connectivity index (χ0) is 20.4. The predicted octanol–water partition coefficient (Wildman–Crippen LogP) is 2.51. The number of piperazine rings is 1. The average Bonchev–Trinajstić information content (AvgIpc) is 3.24. The lowest BCUT2D eigenvalue weighted by molar-refractivity contribution is -0.154. The zero-order valence-electron chi connectivity index (χ0n) is 16.5. The first kappa shape index (κ1) is 19.2. The summed E-state index contributed by atoms with van der Waals surface area (Å²) in [6, 6.07) is 16.7. The summed E-state index contributed by atoms with van der Waals surface area (Å²) in [5.41, 5.74) is 2.52. The van der Waals surface area contributed by atoms with Gasteiger partial charge in [-0.2, -0.15) is 0 Å². The number of benzene rings is 2. The molecule has 6 heteroatoms. The third-order valence-electron chi connectivity index (χ3n) is 5.73. The van der Waals surface area contributed by atoms with Gasteiger partial charge in [-0.3, -0.25) is 14.4 Å². The van der Waals surface area contributed by atoms with Gasteiger partial charge in [-0.25, -0.2) is 0 Å². The largest absolute Gasteiger partial charge is 0.346 e. The van der Waals surface area contributed by atoms with E-state index in [4.69, 9.17) is 0 Å². The highest BCUT2D eigenvalue weighted by molar-refractivity contribution is 5.95. The molecule has 2 atom stereocenters. The molecule has 4 rings (SSSR count). The van der Waals surface area contributed by atoms with E-state index in [1.807, 2.05) is 49.4 Å². The topological polar surface area (TPSA) is 69.7 Å². The maximum Gasteiger partial charge on any atom is 0.251 e. The number of hydrogen-bond donors (Lipinski definition) is 1. The van der Waals surface area contributed by atoms with Gasteiger partial charge in [0.05, 0.1) is 6.04 Å². The van der Waals surface area contributed by atoms with Crippen molar-refractivity contribution in [1.82, 2.24) is 15.1 Å². The van der Waals surface area contributed by atoms with E-state index in [1.165, 1.54) is 0 Å². The molecule has 6 nitrogen and oxygen atoms in total. The number of carbonyl (C=O) groups excluding carboxylic acids is 3. The summed E-state index contributed by atoms with van der Waals surface area (Å²) < 4.78 is 0. The monoisotopic (exact) mass is 391 g/mol. The molecule has 0 saturated carbocycles. The van der Waals surface area contributed by atoms with Crippen LogP contribution in [0.5, 0.6) is 0 Å². The van der Waals surface area contributed by atoms with E-state index >= 15 is 0 Å². The number of nitrogens with one attached hydrogen (secondary N) is 1. The molecule has 2 saturated heterocycles. The van der Waals surface area contributed by atoms with Crippen molar-refractivity contribution in [1.29, 1.82) is 0 Å². The summed E-state index contributed by atoms with van der Waals surface area (Å²) in [6.07, 6.45) is 1.64. The van der Waals surface area contributed by atoms with Crippen molar-refractivity contribution in [2.45, 2.75) is 38.4 Å². The molecule has 1 N–H and O–H groups in total. The summed E-state index contributed by atoms with van der Waals surface area (Å²) in [5, 5.41) is 3.00. The van der Waals surface area contributed by atoms with Crippen molar-refractivity contribution in [3.05, 3.63) is 71.3 Å². The average molecular weight is 391 g/mol. The fourth-order valence-electron chi connectivity index (χ4n) is 4.09. The first-order valence-corrected chi connectivity index (χ1v) is 10.1. The lowest BCUT2D eigenvalue weighted by Gasteiger charge is -2.36. The Morgan fingerprint density at radius 2 is 1.83 bits per heavy atom. The van der Waals surface area contributed by atoms with Crippen molar-refractivity contribution in [2.75, 3.05) is 13.1 Å². The summed E-state index contributed by atoms with van der Waals surface area (Å²) >= 11 is 0. The van der Waals surface area contributed by atoms with E-state index < -0.39 is 0 Å². The third kappa shape index (κ3) is 4.01. The number of amides is 3. The van der Waals surface area contributed by atoms with Crippen LogP contribution in [0.3, 0.4) is 0 Å². The van der Waals surface area contributed by atoms with Crippen molar-refractivity contribution in [3.63, 3.8) is 0 Å². The van der Waals surface area contributed by atoms with Crippen molar-refractivity contribution in [2.24, 2.45) is 0 Å². The minimum Gasteiger partial charge on any atom is -0.346 e. The van der Waals surface area contributed by atoms with Gasteiger partial charge in [0.25, 0.3) is 5.91 Å². The summed E-state index contributed by atoms with van der Waals surface area (Å²) in [5.74, 6) is -0.0858. The molecule has 0 spiro atoms. The van der Waals surface area contributed by atoms with E-state index in [1.54, 1.807) is 21.9 Å². The highest BCUT2D eigenvalue weighted by atomic mass is 16.2. The van der Waals surface area contributed by atoms with Crippen molar-refractivity contribution < 1.29 is 14.4 Å². The van der Waals surface area contributed by atoms with E-state index in [0.29, 0.717) is 18.7 Å². The predicted molar refractivity (Wildman–Crippen MR) is 109 cm³/mol. The zero-order valence-corrected chi connectivity index (χ0v) is 16.5. The van der Waals surface area contributed by atoms with E-state index in [9.17, 15) is 14.4 Å². The Hall–Kier alpha value is -3.15. The molecule has 0 radical (unpaired) electrons. The lowest BCUT2D eigenvalue weighted by atomic mass is 10.1. The molecule has 3 amide bonds. The van der Waals surface area contributed by atoms with Gasteiger partial charge >= 0.3 is 0 Å². The highest BCUT2D eigenvalue weighted by Gasteiger charge is 2.41. The van der Waals surface area contributed by atoms with Gasteiger partial charge in [-0.15, -0.1) is 0 Å². The normalized spacial score (nSPS) is 19.8. The van der Waals surface area contributed by atoms with E-state index in [-0.39, 0.29) is 36.3 Å². The van der Waals surface area contributed by atoms with Crippen molar-refractivity contribution in [3.8, 4) is 0 Å². The fourth-order valence-corrected chi connectivity index (χ4v) is 4.09. The van der Waals surface area contributed by atoms with Gasteiger partial charge in [0.1, 0.15) is 12.6 Å². The van der Waals surface area contributed by atoms with Crippen LogP contribution in [0, 0.1) is 0 Å². The van der Waals surface area contributed by atoms with Crippen LogP contribution in [0.4, 0.5) is 0 Å². The van der Waals surface area contributed by atoms with Gasteiger partial charge in [-0.05, 0) is 43.0 Å². The quantitative estimate of drug-likeness (QED) is 0.851. The molecule has 2 heterocycles. The Morgan fingerprint density at radius 3 is 2.55 bits per heavy atom. The van der Waals surface area contributed by atoms with Crippen molar-refractivity contribution >= 4 is 17.7 Å². The second-order valence-electron chi connectivity index (χ2n) is 7.74. The minimum atomic E-state index is -0.291. The molecule has 0 aromatic heterocycles. The molecular weight excluding hydrogens is 366 g/mol. The SMILES string of the molecule is C[C@H](NC(=O)c1ccc(CN2CC(=O)N3CCC[C@H]3C2=O)cc1)c1ccccc1. The maximum atomic E-state index is 12.7. The van der Waals surface area contributed by atoms with Gasteiger partial charge in [0.2, 0.25) is 11.8 Å². The van der Waals surface area contributed by atoms with Crippen LogP contribution in [0.15, 0.2) is 54.6 Å². The van der Waals surface area contributed by atoms with Gasteiger partial charge in [-0.1, -0.05) is 42.5 Å². The van der Waals surface area contributed by atoms with Crippen LogP contribution in [0.25, 0.3) is 0 Å². The molecule has 2 aromatic rings.